The number of rotatable bonds is 0. The number of phenols is 4. The first kappa shape index (κ1) is 28.3. The Hall–Kier alpha value is -2.65. The molecule has 0 atom stereocenters. The molecule has 4 aromatic rings. The van der Waals surface area contributed by atoms with E-state index in [4.69, 9.17) is 39.3 Å². The minimum atomic E-state index is -0.806. The fourth-order valence-electron chi connectivity index (χ4n) is 1.71. The molecule has 0 aliphatic carbocycles. The first-order valence-electron chi connectivity index (χ1n) is 8.85. The number of aromatic hydroxyl groups is 4. The number of para-hydroxylation sites is 4. The van der Waals surface area contributed by atoms with Gasteiger partial charge in [0, 0.05) is 0 Å². The molecular weight excluding hydrogens is 607 g/mol. The summed E-state index contributed by atoms with van der Waals surface area (Å²) >= 11 is -0.806. The van der Waals surface area contributed by atoms with Crippen molar-refractivity contribution in [2.24, 2.45) is 0 Å². The molecule has 4 nitrogen and oxygen atoms in total. The van der Waals surface area contributed by atoms with Crippen molar-refractivity contribution >= 4 is 18.8 Å². The van der Waals surface area contributed by atoms with Crippen LogP contribution < -0.4 is 0 Å². The molecule has 0 saturated heterocycles. The molecule has 0 heterocycles. The average Bonchev–Trinajstić information content (AvgIpc) is 2.78. The molecule has 0 aliphatic rings. The summed E-state index contributed by atoms with van der Waals surface area (Å²) in [4.78, 5) is 0. The van der Waals surface area contributed by atoms with Gasteiger partial charge in [-0.15, -0.1) is 0 Å². The van der Waals surface area contributed by atoms with E-state index in [1.807, 2.05) is 24.3 Å². The van der Waals surface area contributed by atoms with Crippen LogP contribution in [0.3, 0.4) is 0 Å². The van der Waals surface area contributed by atoms with Gasteiger partial charge in [-0.2, -0.15) is 0 Å². The molecule has 0 unspecified atom stereocenters. The molecule has 0 radical (unpaired) electrons. The van der Waals surface area contributed by atoms with E-state index in [0.29, 0.717) is 23.0 Å². The van der Waals surface area contributed by atoms with Crippen molar-refractivity contribution in [3.8, 4) is 23.0 Å². The first-order chi connectivity index (χ1) is 15.0. The third kappa shape index (κ3) is 20.4. The van der Waals surface area contributed by atoms with Gasteiger partial charge in [0.05, 0.1) is 0 Å². The average molecular weight is 631 g/mol. The number of phenolic OH excluding ortho intramolecular Hbond substituents is 4. The van der Waals surface area contributed by atoms with Gasteiger partial charge >= 0.3 is 35.3 Å². The Kier molecular flexibility index (Phi) is 18.9. The van der Waals surface area contributed by atoms with Crippen molar-refractivity contribution in [3.05, 3.63) is 121 Å². The quantitative estimate of drug-likeness (QED) is 0.170. The second kappa shape index (κ2) is 20.6. The summed E-state index contributed by atoms with van der Waals surface area (Å²) in [6.45, 7) is 0. The maximum atomic E-state index is 8.63. The van der Waals surface area contributed by atoms with Crippen molar-refractivity contribution in [1.29, 1.82) is 0 Å². The Balaban J connectivity index is 0.000000371. The second-order valence-corrected chi connectivity index (χ2v) is 9.64. The van der Waals surface area contributed by atoms with Crippen LogP contribution in [0.1, 0.15) is 0 Å². The molecule has 0 bridgehead atoms. The van der Waals surface area contributed by atoms with Crippen LogP contribution in [0, 0.1) is 0 Å². The molecule has 7 heteroatoms. The zero-order valence-electron chi connectivity index (χ0n) is 16.5. The third-order valence-corrected chi connectivity index (χ3v) is 3.02. The fourth-order valence-corrected chi connectivity index (χ4v) is 1.71. The molecule has 0 saturated carbocycles. The van der Waals surface area contributed by atoms with Crippen molar-refractivity contribution in [2.45, 2.75) is 0 Å². The molecule has 0 aromatic heterocycles. The molecule has 0 amide bonds. The van der Waals surface area contributed by atoms with Crippen LogP contribution in [-0.4, -0.2) is 20.4 Å². The third-order valence-electron chi connectivity index (χ3n) is 3.02. The summed E-state index contributed by atoms with van der Waals surface area (Å²) in [6, 6.07) is 34.9. The van der Waals surface area contributed by atoms with E-state index in [1.165, 1.54) is 0 Å². The van der Waals surface area contributed by atoms with Crippen LogP contribution in [0.25, 0.3) is 0 Å². The van der Waals surface area contributed by atoms with Crippen molar-refractivity contribution in [2.75, 3.05) is 0 Å². The van der Waals surface area contributed by atoms with Gasteiger partial charge in [0.1, 0.15) is 23.0 Å². The number of hydrogen-bond donors (Lipinski definition) is 4. The predicted octanol–water partition coefficient (Wildman–Crippen LogP) is 6.95. The van der Waals surface area contributed by atoms with Gasteiger partial charge in [0.15, 0.2) is 0 Å². The predicted molar refractivity (Wildman–Crippen MR) is 124 cm³/mol. The topological polar surface area (TPSA) is 80.9 Å². The molecular formula is C24H24Cl2O4W. The SMILES string of the molecule is Oc1ccccc1.Oc1ccccc1.Oc1ccccc1.Oc1ccccc1.[Cl][W][Cl]. The molecule has 4 aromatic carbocycles. The van der Waals surface area contributed by atoms with Crippen LogP contribution in [-0.2, 0) is 16.5 Å². The molecule has 0 aliphatic heterocycles. The Bertz CT molecular complexity index is 719. The summed E-state index contributed by atoms with van der Waals surface area (Å²) in [5.74, 6) is 1.29. The minimum absolute atomic E-state index is 0.322. The fraction of sp³-hybridized carbons (Fsp3) is 0. The van der Waals surface area contributed by atoms with Crippen LogP contribution in [0.15, 0.2) is 121 Å². The number of benzene rings is 4. The van der Waals surface area contributed by atoms with E-state index in [0.717, 1.165) is 0 Å². The van der Waals surface area contributed by atoms with E-state index in [9.17, 15) is 0 Å². The van der Waals surface area contributed by atoms with E-state index in [1.54, 1.807) is 97.1 Å². The summed E-state index contributed by atoms with van der Waals surface area (Å²) in [5, 5.41) is 34.5. The zero-order valence-corrected chi connectivity index (χ0v) is 20.9. The van der Waals surface area contributed by atoms with Gasteiger partial charge in [-0.1, -0.05) is 72.8 Å². The molecule has 4 N–H and O–H groups in total. The van der Waals surface area contributed by atoms with E-state index in [2.05, 4.69) is 0 Å². The summed E-state index contributed by atoms with van der Waals surface area (Å²) in [6.07, 6.45) is 0. The normalized spacial score (nSPS) is 8.32. The maximum absolute atomic E-state index is 8.63. The van der Waals surface area contributed by atoms with Crippen LogP contribution in [0.5, 0.6) is 23.0 Å². The van der Waals surface area contributed by atoms with Gasteiger partial charge < -0.3 is 20.4 Å². The standard InChI is InChI=1S/4C6H6O.2ClH.W/c4*7-6-4-2-1-3-5-6;;;/h4*1-5,7H;2*1H;/q;;;;;;+2/p-2. The van der Waals surface area contributed by atoms with E-state index in [-0.39, 0.29) is 0 Å². The molecule has 0 spiro atoms. The molecule has 31 heavy (non-hydrogen) atoms. The van der Waals surface area contributed by atoms with Gasteiger partial charge in [-0.3, -0.25) is 0 Å². The Morgan fingerprint density at radius 2 is 0.484 bits per heavy atom. The molecule has 4 rings (SSSR count). The van der Waals surface area contributed by atoms with Gasteiger partial charge in [-0.25, -0.2) is 0 Å². The molecule has 164 valence electrons. The Morgan fingerprint density at radius 3 is 0.548 bits per heavy atom. The zero-order chi connectivity index (χ0) is 23.2. The second-order valence-electron chi connectivity index (χ2n) is 5.40. The van der Waals surface area contributed by atoms with Crippen molar-refractivity contribution < 1.29 is 36.9 Å². The van der Waals surface area contributed by atoms with Crippen LogP contribution in [0.2, 0.25) is 0 Å². The number of hydrogen-bond acceptors (Lipinski definition) is 4. The van der Waals surface area contributed by atoms with Gasteiger partial charge in [0.25, 0.3) is 0 Å². The molecule has 0 fully saturated rings. The Morgan fingerprint density at radius 1 is 0.355 bits per heavy atom. The van der Waals surface area contributed by atoms with Crippen LogP contribution in [0.4, 0.5) is 0 Å². The number of halogens is 2. The first-order valence-corrected chi connectivity index (χ1v) is 16.1. The summed E-state index contributed by atoms with van der Waals surface area (Å²) < 4.78 is 0. The van der Waals surface area contributed by atoms with Gasteiger partial charge in [0.2, 0.25) is 0 Å². The van der Waals surface area contributed by atoms with E-state index >= 15 is 0 Å². The van der Waals surface area contributed by atoms with Crippen molar-refractivity contribution in [1.82, 2.24) is 0 Å². The monoisotopic (exact) mass is 630 g/mol. The van der Waals surface area contributed by atoms with Crippen molar-refractivity contribution in [3.63, 3.8) is 0 Å². The van der Waals surface area contributed by atoms with Crippen LogP contribution >= 0.6 is 18.8 Å². The summed E-state index contributed by atoms with van der Waals surface area (Å²) in [5.41, 5.74) is 0. The van der Waals surface area contributed by atoms with E-state index < -0.39 is 16.5 Å². The van der Waals surface area contributed by atoms with Gasteiger partial charge in [-0.05, 0) is 48.5 Å². The summed E-state index contributed by atoms with van der Waals surface area (Å²) in [7, 11) is 9.86. The Labute approximate surface area is 199 Å².